The van der Waals surface area contributed by atoms with Crippen LogP contribution in [0.2, 0.25) is 0 Å². The molecule has 0 aliphatic heterocycles. The number of hydrogen-bond donors (Lipinski definition) is 0. The van der Waals surface area contributed by atoms with Crippen LogP contribution < -0.4 is 0 Å². The van der Waals surface area contributed by atoms with Crippen LogP contribution in [0, 0.1) is 28.6 Å². The van der Waals surface area contributed by atoms with Crippen LogP contribution >= 0.6 is 0 Å². The zero-order valence-electron chi connectivity index (χ0n) is 16.3. The van der Waals surface area contributed by atoms with Gasteiger partial charge in [0.15, 0.2) is 23.5 Å². The summed E-state index contributed by atoms with van der Waals surface area (Å²) in [7, 11) is 0. The molecule has 4 aliphatic carbocycles. The highest BCUT2D eigenvalue weighted by Crippen LogP contribution is 2.66. The molecule has 4 aliphatic rings. The van der Waals surface area contributed by atoms with Gasteiger partial charge in [-0.2, -0.15) is 0 Å². The summed E-state index contributed by atoms with van der Waals surface area (Å²) in [6, 6.07) is 0. The summed E-state index contributed by atoms with van der Waals surface area (Å²) < 4.78 is 19.7. The molecule has 0 aromatic carbocycles. The summed E-state index contributed by atoms with van der Waals surface area (Å²) in [5.74, 6) is -0.264. The maximum Gasteiger partial charge on any atom is 0.308 e. The van der Waals surface area contributed by atoms with Crippen molar-refractivity contribution in [1.82, 2.24) is 0 Å². The Morgan fingerprint density at radius 2 is 1.89 bits per heavy atom. The first-order chi connectivity index (χ1) is 12.6. The summed E-state index contributed by atoms with van der Waals surface area (Å²) in [5, 5.41) is 0. The van der Waals surface area contributed by atoms with Gasteiger partial charge in [0.2, 0.25) is 0 Å². The largest absolute Gasteiger partial charge is 0.423 e. The molecule has 0 bridgehead atoms. The molecule has 0 saturated heterocycles. The molecule has 0 aromatic heterocycles. The second kappa shape index (κ2) is 5.86. The second-order valence-electron chi connectivity index (χ2n) is 9.35. The summed E-state index contributed by atoms with van der Waals surface area (Å²) in [6.07, 6.45) is 2.10. The number of fused-ring (bicyclic) bond motifs is 5. The highest BCUT2D eigenvalue weighted by molar-refractivity contribution is 5.98. The van der Waals surface area contributed by atoms with Gasteiger partial charge >= 0.3 is 5.97 Å². The number of Topliss-reactive ketones (excluding diaryl/α,β-unsaturated/α-hetero) is 2. The van der Waals surface area contributed by atoms with Gasteiger partial charge in [0.1, 0.15) is 0 Å². The van der Waals surface area contributed by atoms with E-state index in [0.717, 1.165) is 17.6 Å². The molecule has 3 saturated carbocycles. The summed E-state index contributed by atoms with van der Waals surface area (Å²) in [5.41, 5.74) is 0.695. The van der Waals surface area contributed by atoms with E-state index < -0.39 is 17.6 Å². The van der Waals surface area contributed by atoms with Crippen LogP contribution in [0.1, 0.15) is 59.3 Å². The quantitative estimate of drug-likeness (QED) is 0.649. The third-order valence-corrected chi connectivity index (χ3v) is 7.96. The number of ether oxygens (including phenoxy) is 1. The van der Waals surface area contributed by atoms with Crippen LogP contribution in [0.3, 0.4) is 0 Å². The average molecular weight is 374 g/mol. The molecule has 4 nitrogen and oxygen atoms in total. The zero-order chi connectivity index (χ0) is 19.7. The van der Waals surface area contributed by atoms with E-state index in [1.165, 1.54) is 6.92 Å². The van der Waals surface area contributed by atoms with E-state index in [1.807, 2.05) is 6.92 Å². The van der Waals surface area contributed by atoms with E-state index in [1.54, 1.807) is 0 Å². The Kier molecular flexibility index (Phi) is 4.03. The first-order valence-corrected chi connectivity index (χ1v) is 9.92. The Labute approximate surface area is 159 Å². The Morgan fingerprint density at radius 3 is 2.56 bits per heavy atom. The molecule has 0 unspecified atom stereocenters. The van der Waals surface area contributed by atoms with Crippen molar-refractivity contribution in [2.24, 2.45) is 28.6 Å². The van der Waals surface area contributed by atoms with E-state index in [0.29, 0.717) is 32.1 Å². The van der Waals surface area contributed by atoms with Crippen molar-refractivity contribution >= 4 is 17.5 Å². The lowest BCUT2D eigenvalue weighted by molar-refractivity contribution is -0.142. The van der Waals surface area contributed by atoms with E-state index in [4.69, 9.17) is 4.74 Å². The van der Waals surface area contributed by atoms with Gasteiger partial charge < -0.3 is 4.74 Å². The Hall–Kier alpha value is -1.78. The minimum absolute atomic E-state index is 0.0173. The fraction of sp³-hybridized carbons (Fsp3) is 0.682. The molecule has 3 fully saturated rings. The van der Waals surface area contributed by atoms with Gasteiger partial charge in [0.05, 0.1) is 0 Å². The fourth-order valence-electron chi connectivity index (χ4n) is 6.70. The van der Waals surface area contributed by atoms with Crippen molar-refractivity contribution in [2.45, 2.75) is 65.5 Å². The van der Waals surface area contributed by atoms with Gasteiger partial charge in [-0.1, -0.05) is 20.4 Å². The van der Waals surface area contributed by atoms with Crippen molar-refractivity contribution < 1.29 is 23.5 Å². The van der Waals surface area contributed by atoms with Crippen LogP contribution in [0.4, 0.5) is 4.39 Å². The zero-order valence-corrected chi connectivity index (χ0v) is 16.3. The molecule has 0 amide bonds. The Morgan fingerprint density at radius 1 is 1.19 bits per heavy atom. The monoisotopic (exact) mass is 374 g/mol. The molecule has 0 N–H and O–H groups in total. The van der Waals surface area contributed by atoms with Crippen molar-refractivity contribution in [3.8, 4) is 0 Å². The summed E-state index contributed by atoms with van der Waals surface area (Å²) >= 11 is 0. The molecular weight excluding hydrogens is 347 g/mol. The molecule has 5 heteroatoms. The lowest BCUT2D eigenvalue weighted by Gasteiger charge is -2.57. The molecule has 27 heavy (non-hydrogen) atoms. The Bertz CT molecular complexity index is 796. The van der Waals surface area contributed by atoms with Crippen LogP contribution in [-0.4, -0.2) is 23.7 Å². The summed E-state index contributed by atoms with van der Waals surface area (Å²) in [4.78, 5) is 36.5. The number of rotatable bonds is 1. The van der Waals surface area contributed by atoms with Gasteiger partial charge in [-0.3, -0.25) is 14.4 Å². The number of halogens is 1. The molecule has 0 radical (unpaired) electrons. The van der Waals surface area contributed by atoms with Crippen molar-refractivity contribution in [3.63, 3.8) is 0 Å². The summed E-state index contributed by atoms with van der Waals surface area (Å²) in [6.45, 7) is 9.59. The van der Waals surface area contributed by atoms with Crippen LogP contribution in [-0.2, 0) is 19.1 Å². The third-order valence-electron chi connectivity index (χ3n) is 7.96. The van der Waals surface area contributed by atoms with E-state index in [2.05, 4.69) is 13.5 Å². The van der Waals surface area contributed by atoms with Crippen LogP contribution in [0.5, 0.6) is 0 Å². The maximum absolute atomic E-state index is 14.3. The molecule has 6 atom stereocenters. The van der Waals surface area contributed by atoms with Crippen LogP contribution in [0.25, 0.3) is 0 Å². The van der Waals surface area contributed by atoms with E-state index in [-0.39, 0.29) is 40.5 Å². The number of hydrogen-bond acceptors (Lipinski definition) is 4. The highest BCUT2D eigenvalue weighted by atomic mass is 19.1. The van der Waals surface area contributed by atoms with E-state index >= 15 is 0 Å². The standard InChI is InChI=1S/C22H27FO4/c1-11-9-13-14(5-7-22(4)15(13)10-16(23)20(22)26)21(3)8-6-17(25)19(18(11)21)27-12(2)24/h13-16H,1,5-10H2,2-4H3/t13-,14+,15+,16+,21-,22+/m1/s1. The third kappa shape index (κ3) is 2.43. The fourth-order valence-corrected chi connectivity index (χ4v) is 6.70. The van der Waals surface area contributed by atoms with Gasteiger partial charge in [-0.05, 0) is 55.4 Å². The lowest BCUT2D eigenvalue weighted by atomic mass is 9.46. The number of carbonyl (C=O) groups is 3. The molecule has 0 aromatic rings. The molecular formula is C22H27FO4. The maximum atomic E-state index is 14.3. The second-order valence-corrected chi connectivity index (χ2v) is 9.35. The predicted molar refractivity (Wildman–Crippen MR) is 97.2 cm³/mol. The number of esters is 1. The number of allylic oxidation sites excluding steroid dienone is 2. The van der Waals surface area contributed by atoms with Gasteiger partial charge in [0.25, 0.3) is 0 Å². The van der Waals surface area contributed by atoms with Gasteiger partial charge in [0, 0.05) is 29.7 Å². The lowest BCUT2D eigenvalue weighted by Crippen LogP contribution is -2.51. The van der Waals surface area contributed by atoms with E-state index in [9.17, 15) is 18.8 Å². The molecule has 146 valence electrons. The molecule has 4 rings (SSSR count). The topological polar surface area (TPSA) is 60.4 Å². The number of carbonyl (C=O) groups excluding carboxylic acids is 3. The van der Waals surface area contributed by atoms with Crippen molar-refractivity contribution in [1.29, 1.82) is 0 Å². The van der Waals surface area contributed by atoms with Gasteiger partial charge in [-0.15, -0.1) is 0 Å². The minimum Gasteiger partial charge on any atom is -0.423 e. The first kappa shape index (κ1) is 18.6. The smallest absolute Gasteiger partial charge is 0.308 e. The normalized spacial score (nSPS) is 43.9. The highest BCUT2D eigenvalue weighted by Gasteiger charge is 2.63. The predicted octanol–water partition coefficient (Wildman–Crippen LogP) is 4.09. The van der Waals surface area contributed by atoms with Crippen molar-refractivity contribution in [3.05, 3.63) is 23.5 Å². The first-order valence-electron chi connectivity index (χ1n) is 9.92. The SMILES string of the molecule is C=C1C[C@@H]2[C@H](CC[C@]3(C)C(=O)[C@@H](F)C[C@@H]23)[C@@]2(C)CCC(=O)C(OC(C)=O)=C12. The average Bonchev–Trinajstić information content (AvgIpc) is 2.82. The van der Waals surface area contributed by atoms with Crippen LogP contribution in [0.15, 0.2) is 23.5 Å². The Balaban J connectivity index is 1.79. The van der Waals surface area contributed by atoms with Gasteiger partial charge in [-0.25, -0.2) is 4.39 Å². The van der Waals surface area contributed by atoms with Crippen molar-refractivity contribution in [2.75, 3.05) is 0 Å². The molecule has 0 spiro atoms. The number of ketones is 2. The molecule has 0 heterocycles. The minimum atomic E-state index is -1.36. The number of alkyl halides is 1.